The molecule has 0 saturated carbocycles. The van der Waals surface area contributed by atoms with Gasteiger partial charge in [-0.25, -0.2) is 0 Å². The fourth-order valence-corrected chi connectivity index (χ4v) is 2.73. The second-order valence-corrected chi connectivity index (χ2v) is 5.45. The molecule has 21 heavy (non-hydrogen) atoms. The van der Waals surface area contributed by atoms with Gasteiger partial charge in [-0.05, 0) is 24.4 Å². The molecule has 0 aromatic carbocycles. The van der Waals surface area contributed by atoms with Crippen LogP contribution in [0.2, 0.25) is 0 Å². The van der Waals surface area contributed by atoms with Crippen LogP contribution in [0.1, 0.15) is 25.2 Å². The van der Waals surface area contributed by atoms with E-state index in [0.717, 1.165) is 25.9 Å². The van der Waals surface area contributed by atoms with Gasteiger partial charge in [-0.15, -0.1) is 0 Å². The quantitative estimate of drug-likeness (QED) is 0.768. The van der Waals surface area contributed by atoms with E-state index < -0.39 is 0 Å². The fourth-order valence-electron chi connectivity index (χ4n) is 2.73. The average Bonchev–Trinajstić information content (AvgIpc) is 3.24. The minimum atomic E-state index is -0.212. The molecule has 1 unspecified atom stereocenters. The van der Waals surface area contributed by atoms with Gasteiger partial charge in [-0.3, -0.25) is 4.79 Å². The highest BCUT2D eigenvalue weighted by Gasteiger charge is 2.29. The van der Waals surface area contributed by atoms with Gasteiger partial charge in [-0.1, -0.05) is 0 Å². The number of ether oxygens (including phenoxy) is 1. The molecule has 1 aromatic rings. The molecule has 2 N–H and O–H groups in total. The predicted octanol–water partition coefficient (Wildman–Crippen LogP) is -0.337. The highest BCUT2D eigenvalue weighted by molar-refractivity contribution is 5.82. The normalized spacial score (nSPS) is 25.5. The Kier molecular flexibility index (Phi) is 4.35. The molecule has 0 bridgehead atoms. The van der Waals surface area contributed by atoms with Crippen LogP contribution in [0.3, 0.4) is 0 Å². The zero-order valence-corrected chi connectivity index (χ0v) is 12.2. The largest absolute Gasteiger partial charge is 0.380 e. The third-order valence-corrected chi connectivity index (χ3v) is 4.00. The van der Waals surface area contributed by atoms with Crippen molar-refractivity contribution in [2.45, 2.75) is 38.0 Å². The first-order valence-corrected chi connectivity index (χ1v) is 7.37. The summed E-state index contributed by atoms with van der Waals surface area (Å²) in [7, 11) is 1.66. The van der Waals surface area contributed by atoms with Gasteiger partial charge in [0.1, 0.15) is 0 Å². The molecule has 8 heteroatoms. The maximum atomic E-state index is 12.0. The van der Waals surface area contributed by atoms with E-state index in [1.807, 2.05) is 0 Å². The Labute approximate surface area is 123 Å². The first-order chi connectivity index (χ1) is 10.3. The molecule has 3 rings (SSSR count). The number of nitrogens with zero attached hydrogens (tertiary/aromatic N) is 3. The van der Waals surface area contributed by atoms with Crippen molar-refractivity contribution < 1.29 is 14.1 Å². The minimum Gasteiger partial charge on any atom is -0.380 e. The molecule has 2 aliphatic heterocycles. The molecular weight excluding hydrogens is 274 g/mol. The van der Waals surface area contributed by atoms with Crippen LogP contribution in [0.5, 0.6) is 0 Å². The molecule has 0 aliphatic carbocycles. The third kappa shape index (κ3) is 3.33. The number of amides is 1. The Morgan fingerprint density at radius 2 is 2.33 bits per heavy atom. The summed E-state index contributed by atoms with van der Waals surface area (Å²) < 4.78 is 10.4. The summed E-state index contributed by atoms with van der Waals surface area (Å²) in [6.45, 7) is 2.90. The summed E-state index contributed by atoms with van der Waals surface area (Å²) >= 11 is 0. The second kappa shape index (κ2) is 6.40. The monoisotopic (exact) mass is 295 g/mol. The lowest BCUT2D eigenvalue weighted by molar-refractivity contribution is -0.123. The topological polar surface area (TPSA) is 92.5 Å². The van der Waals surface area contributed by atoms with Crippen LogP contribution in [-0.2, 0) is 16.1 Å². The Balaban J connectivity index is 1.47. The number of anilines is 1. The van der Waals surface area contributed by atoms with Crippen LogP contribution >= 0.6 is 0 Å². The Morgan fingerprint density at radius 1 is 1.52 bits per heavy atom. The predicted molar refractivity (Wildman–Crippen MR) is 74.8 cm³/mol. The second-order valence-electron chi connectivity index (χ2n) is 5.45. The summed E-state index contributed by atoms with van der Waals surface area (Å²) in [6.07, 6.45) is 3.11. The number of carbonyl (C=O) groups excluding carboxylic acids is 1. The van der Waals surface area contributed by atoms with Crippen molar-refractivity contribution in [3.8, 4) is 0 Å². The standard InChI is InChI=1S/C13H21N5O3/c1-20-9-6-10(14-7-9)12(19)15-8-11-16-13(17-21-11)18-4-2-3-5-18/h9-10,14H,2-8H2,1H3,(H,15,19)/t9?,10-/m0/s1. The van der Waals surface area contributed by atoms with Crippen LogP contribution < -0.4 is 15.5 Å². The number of nitrogens with one attached hydrogen (secondary N) is 2. The van der Waals surface area contributed by atoms with Gasteiger partial charge in [0.15, 0.2) is 0 Å². The van der Waals surface area contributed by atoms with Crippen molar-refractivity contribution in [2.75, 3.05) is 31.6 Å². The van der Waals surface area contributed by atoms with Crippen molar-refractivity contribution in [3.05, 3.63) is 5.89 Å². The van der Waals surface area contributed by atoms with Gasteiger partial charge in [0, 0.05) is 26.7 Å². The van der Waals surface area contributed by atoms with E-state index in [0.29, 0.717) is 24.8 Å². The summed E-state index contributed by atoms with van der Waals surface area (Å²) in [5, 5.41) is 9.90. The number of aromatic nitrogens is 2. The number of carbonyl (C=O) groups is 1. The van der Waals surface area contributed by atoms with Gasteiger partial charge >= 0.3 is 0 Å². The Morgan fingerprint density at radius 3 is 3.05 bits per heavy atom. The van der Waals surface area contributed by atoms with Crippen molar-refractivity contribution in [2.24, 2.45) is 0 Å². The van der Waals surface area contributed by atoms with E-state index >= 15 is 0 Å². The minimum absolute atomic E-state index is 0.0597. The van der Waals surface area contributed by atoms with E-state index in [9.17, 15) is 4.79 Å². The molecule has 3 heterocycles. The molecule has 2 aliphatic rings. The average molecular weight is 295 g/mol. The molecule has 0 radical (unpaired) electrons. The lowest BCUT2D eigenvalue weighted by Crippen LogP contribution is -2.40. The van der Waals surface area contributed by atoms with Crippen molar-refractivity contribution in [3.63, 3.8) is 0 Å². The summed E-state index contributed by atoms with van der Waals surface area (Å²) in [5.74, 6) is 0.997. The highest BCUT2D eigenvalue weighted by atomic mass is 16.5. The molecule has 2 fully saturated rings. The maximum Gasteiger partial charge on any atom is 0.266 e. The van der Waals surface area contributed by atoms with Crippen molar-refractivity contribution >= 4 is 11.9 Å². The highest BCUT2D eigenvalue weighted by Crippen LogP contribution is 2.16. The smallest absolute Gasteiger partial charge is 0.266 e. The van der Waals surface area contributed by atoms with Crippen molar-refractivity contribution in [1.82, 2.24) is 20.8 Å². The van der Waals surface area contributed by atoms with Gasteiger partial charge in [-0.2, -0.15) is 4.98 Å². The molecule has 0 spiro atoms. The molecule has 2 saturated heterocycles. The lowest BCUT2D eigenvalue weighted by atomic mass is 10.2. The lowest BCUT2D eigenvalue weighted by Gasteiger charge is -2.10. The van der Waals surface area contributed by atoms with Crippen molar-refractivity contribution in [1.29, 1.82) is 0 Å². The molecule has 8 nitrogen and oxygen atoms in total. The summed E-state index contributed by atoms with van der Waals surface area (Å²) in [5.41, 5.74) is 0. The van der Waals surface area contributed by atoms with Gasteiger partial charge in [0.2, 0.25) is 11.8 Å². The molecule has 1 amide bonds. The number of hydrogen-bond acceptors (Lipinski definition) is 7. The summed E-state index contributed by atoms with van der Waals surface area (Å²) in [6, 6.07) is -0.212. The van der Waals surface area contributed by atoms with Crippen LogP contribution in [0.15, 0.2) is 4.52 Å². The maximum absolute atomic E-state index is 12.0. The van der Waals surface area contributed by atoms with E-state index in [2.05, 4.69) is 25.7 Å². The fraction of sp³-hybridized carbons (Fsp3) is 0.769. The summed E-state index contributed by atoms with van der Waals surface area (Å²) in [4.78, 5) is 18.4. The first-order valence-electron chi connectivity index (χ1n) is 7.37. The molecule has 1 aromatic heterocycles. The first kappa shape index (κ1) is 14.3. The van der Waals surface area contributed by atoms with Gasteiger partial charge in [0.05, 0.1) is 18.7 Å². The van der Waals surface area contributed by atoms with Crippen LogP contribution in [0.4, 0.5) is 5.95 Å². The van der Waals surface area contributed by atoms with Crippen LogP contribution in [0.25, 0.3) is 0 Å². The Bertz CT molecular complexity index is 486. The van der Waals surface area contributed by atoms with E-state index in [4.69, 9.17) is 9.26 Å². The van der Waals surface area contributed by atoms with Crippen LogP contribution in [0, 0.1) is 0 Å². The zero-order valence-electron chi connectivity index (χ0n) is 12.2. The Hall–Kier alpha value is -1.67. The molecule has 116 valence electrons. The SMILES string of the molecule is COC1CN[C@H](C(=O)NCc2nc(N3CCCC3)no2)C1. The van der Waals surface area contributed by atoms with Crippen LogP contribution in [-0.4, -0.2) is 54.9 Å². The molecular formula is C13H21N5O3. The number of methoxy groups -OCH3 is 1. The van der Waals surface area contributed by atoms with E-state index in [-0.39, 0.29) is 24.6 Å². The van der Waals surface area contributed by atoms with Gasteiger partial charge in [0.25, 0.3) is 5.95 Å². The zero-order chi connectivity index (χ0) is 14.7. The third-order valence-electron chi connectivity index (χ3n) is 4.00. The van der Waals surface area contributed by atoms with E-state index in [1.54, 1.807) is 7.11 Å². The van der Waals surface area contributed by atoms with Gasteiger partial charge < -0.3 is 24.8 Å². The van der Waals surface area contributed by atoms with E-state index in [1.165, 1.54) is 0 Å². The number of hydrogen-bond donors (Lipinski definition) is 2. The number of rotatable bonds is 5. The molecule has 2 atom stereocenters.